The molecule has 170 valence electrons. The number of aryl methyl sites for hydroxylation is 2. The number of hydrogen-bond acceptors (Lipinski definition) is 6. The third-order valence-electron chi connectivity index (χ3n) is 5.11. The average Bonchev–Trinajstić information content (AvgIpc) is 3.14. The third-order valence-corrected chi connectivity index (χ3v) is 7.23. The van der Waals surface area contributed by atoms with Crippen molar-refractivity contribution in [2.75, 3.05) is 19.4 Å². The molecule has 1 aliphatic rings. The maximum Gasteiger partial charge on any atom is 0.405 e. The third kappa shape index (κ3) is 4.78. The summed E-state index contributed by atoms with van der Waals surface area (Å²) in [6, 6.07) is 6.83. The van der Waals surface area contributed by atoms with Gasteiger partial charge in [0.15, 0.2) is 5.16 Å². The molecule has 0 atom stereocenters. The molecular weight excluding hydrogens is 463 g/mol. The average molecular weight is 484 g/mol. The molecule has 32 heavy (non-hydrogen) atoms. The van der Waals surface area contributed by atoms with Crippen molar-refractivity contribution in [1.29, 1.82) is 0 Å². The molecule has 1 amide bonds. The van der Waals surface area contributed by atoms with Gasteiger partial charge >= 0.3 is 6.18 Å². The summed E-state index contributed by atoms with van der Waals surface area (Å²) in [5.41, 5.74) is 1.34. The summed E-state index contributed by atoms with van der Waals surface area (Å²) in [6.45, 7) is -1.40. The molecule has 2 aromatic heterocycles. The number of rotatable bonds is 6. The highest BCUT2D eigenvalue weighted by Crippen LogP contribution is 2.35. The number of methoxy groups -OCH3 is 1. The van der Waals surface area contributed by atoms with E-state index in [-0.39, 0.29) is 16.5 Å². The van der Waals surface area contributed by atoms with E-state index in [0.29, 0.717) is 21.7 Å². The van der Waals surface area contributed by atoms with Crippen LogP contribution in [0, 0.1) is 0 Å². The lowest BCUT2D eigenvalue weighted by molar-refractivity contribution is -0.136. The van der Waals surface area contributed by atoms with E-state index in [1.165, 1.54) is 23.0 Å². The number of benzene rings is 1. The molecule has 0 unspecified atom stereocenters. The predicted octanol–water partition coefficient (Wildman–Crippen LogP) is 4.11. The Hall–Kier alpha value is -2.53. The molecule has 6 nitrogen and oxygen atoms in total. The van der Waals surface area contributed by atoms with Gasteiger partial charge in [-0.3, -0.25) is 14.2 Å². The number of carbonyl (C=O) groups excluding carboxylic acids is 1. The van der Waals surface area contributed by atoms with Crippen molar-refractivity contribution in [2.45, 2.75) is 37.0 Å². The van der Waals surface area contributed by atoms with Gasteiger partial charge in [-0.1, -0.05) is 11.8 Å². The van der Waals surface area contributed by atoms with Gasteiger partial charge in [0.05, 0.1) is 23.9 Å². The number of ether oxygens (including phenoxy) is 1. The van der Waals surface area contributed by atoms with Gasteiger partial charge in [0.25, 0.3) is 5.56 Å². The van der Waals surface area contributed by atoms with Gasteiger partial charge in [-0.05, 0) is 55.5 Å². The molecule has 3 aromatic rings. The topological polar surface area (TPSA) is 73.2 Å². The normalized spacial score (nSPS) is 13.8. The molecule has 0 bridgehead atoms. The fraction of sp³-hybridized carbons (Fsp3) is 0.381. The molecule has 1 aliphatic carbocycles. The van der Waals surface area contributed by atoms with Crippen molar-refractivity contribution < 1.29 is 22.7 Å². The first-order valence-corrected chi connectivity index (χ1v) is 11.7. The molecule has 4 rings (SSSR count). The lowest BCUT2D eigenvalue weighted by Gasteiger charge is -2.14. The number of nitrogens with zero attached hydrogens (tertiary/aromatic N) is 2. The van der Waals surface area contributed by atoms with E-state index >= 15 is 0 Å². The number of amides is 1. The van der Waals surface area contributed by atoms with Gasteiger partial charge in [-0.25, -0.2) is 4.98 Å². The number of hydrogen-bond donors (Lipinski definition) is 1. The van der Waals surface area contributed by atoms with Crippen LogP contribution in [0.5, 0.6) is 5.75 Å². The minimum Gasteiger partial charge on any atom is -0.497 e. The van der Waals surface area contributed by atoms with Crippen LogP contribution in [0.2, 0.25) is 0 Å². The fourth-order valence-electron chi connectivity index (χ4n) is 3.62. The molecule has 1 aromatic carbocycles. The first-order valence-electron chi connectivity index (χ1n) is 9.95. The molecule has 0 fully saturated rings. The Labute approximate surface area is 189 Å². The first kappa shape index (κ1) is 22.7. The van der Waals surface area contributed by atoms with Crippen molar-refractivity contribution in [3.8, 4) is 11.4 Å². The SMILES string of the molecule is COc1ccc(-n2c(SCC(=O)NCC(F)(F)F)nc3sc4c(c3c2=O)CCCC4)cc1. The summed E-state index contributed by atoms with van der Waals surface area (Å²) in [5, 5.41) is 2.69. The van der Waals surface area contributed by atoms with E-state index in [4.69, 9.17) is 4.74 Å². The number of carbonyl (C=O) groups is 1. The van der Waals surface area contributed by atoms with E-state index < -0.39 is 18.6 Å². The zero-order valence-electron chi connectivity index (χ0n) is 17.1. The number of fused-ring (bicyclic) bond motifs is 3. The molecule has 11 heteroatoms. The second-order valence-electron chi connectivity index (χ2n) is 7.30. The van der Waals surface area contributed by atoms with Crippen LogP contribution >= 0.6 is 23.1 Å². The minimum absolute atomic E-state index is 0.238. The standard InChI is InChI=1S/C21H20F3N3O3S2/c1-30-13-8-6-12(7-9-13)27-19(29)17-14-4-2-3-5-15(14)32-18(17)26-20(27)31-10-16(28)25-11-21(22,23)24/h6-9H,2-5,10-11H2,1H3,(H,25,28). The molecule has 0 spiro atoms. The van der Waals surface area contributed by atoms with Crippen LogP contribution in [0.1, 0.15) is 23.3 Å². The number of nitrogens with one attached hydrogen (secondary N) is 1. The molecule has 2 heterocycles. The summed E-state index contributed by atoms with van der Waals surface area (Å²) >= 11 is 2.41. The minimum atomic E-state index is -4.49. The number of alkyl halides is 3. The largest absolute Gasteiger partial charge is 0.497 e. The summed E-state index contributed by atoms with van der Waals surface area (Å²) in [5.74, 6) is -0.465. The monoisotopic (exact) mass is 483 g/mol. The molecule has 1 N–H and O–H groups in total. The quantitative estimate of drug-likeness (QED) is 0.422. The fourth-order valence-corrected chi connectivity index (χ4v) is 5.77. The van der Waals surface area contributed by atoms with E-state index in [1.54, 1.807) is 24.3 Å². The van der Waals surface area contributed by atoms with Crippen molar-refractivity contribution >= 4 is 39.2 Å². The lowest BCUT2D eigenvalue weighted by Crippen LogP contribution is -2.35. The van der Waals surface area contributed by atoms with Crippen LogP contribution < -0.4 is 15.6 Å². The van der Waals surface area contributed by atoms with Gasteiger partial charge in [0, 0.05) is 4.88 Å². The Bertz CT molecular complexity index is 1200. The Kier molecular flexibility index (Phi) is 6.47. The summed E-state index contributed by atoms with van der Waals surface area (Å²) < 4.78 is 43.7. The zero-order chi connectivity index (χ0) is 22.9. The Morgan fingerprint density at radius 2 is 1.97 bits per heavy atom. The van der Waals surface area contributed by atoms with Gasteiger partial charge in [0.1, 0.15) is 17.1 Å². The zero-order valence-corrected chi connectivity index (χ0v) is 18.8. The Morgan fingerprint density at radius 1 is 1.25 bits per heavy atom. The van der Waals surface area contributed by atoms with E-state index in [9.17, 15) is 22.8 Å². The second-order valence-corrected chi connectivity index (χ2v) is 9.33. The van der Waals surface area contributed by atoms with Crippen LogP contribution in [0.3, 0.4) is 0 Å². The van der Waals surface area contributed by atoms with Gasteiger partial charge in [-0.15, -0.1) is 11.3 Å². The highest BCUT2D eigenvalue weighted by molar-refractivity contribution is 7.99. The van der Waals surface area contributed by atoms with E-state index in [2.05, 4.69) is 4.98 Å². The van der Waals surface area contributed by atoms with Crippen molar-refractivity contribution in [1.82, 2.24) is 14.9 Å². The smallest absolute Gasteiger partial charge is 0.405 e. The lowest BCUT2D eigenvalue weighted by atomic mass is 9.97. The maximum atomic E-state index is 13.6. The van der Waals surface area contributed by atoms with Crippen molar-refractivity contribution in [3.05, 3.63) is 45.1 Å². The van der Waals surface area contributed by atoms with Gasteiger partial charge in [-0.2, -0.15) is 13.2 Å². The molecule has 0 aliphatic heterocycles. The molecule has 0 radical (unpaired) electrons. The highest BCUT2D eigenvalue weighted by Gasteiger charge is 2.28. The number of thiophene rings is 1. The van der Waals surface area contributed by atoms with Crippen LogP contribution in [0.4, 0.5) is 13.2 Å². The van der Waals surface area contributed by atoms with Crippen LogP contribution in [0.15, 0.2) is 34.2 Å². The second kappa shape index (κ2) is 9.14. The van der Waals surface area contributed by atoms with Crippen LogP contribution in [0.25, 0.3) is 15.9 Å². The summed E-state index contributed by atoms with van der Waals surface area (Å²) in [4.78, 5) is 31.9. The Morgan fingerprint density at radius 3 is 2.66 bits per heavy atom. The van der Waals surface area contributed by atoms with Crippen molar-refractivity contribution in [3.63, 3.8) is 0 Å². The van der Waals surface area contributed by atoms with E-state index in [0.717, 1.165) is 47.9 Å². The molecule has 0 saturated carbocycles. The molecule has 0 saturated heterocycles. The van der Waals surface area contributed by atoms with Gasteiger partial charge < -0.3 is 10.1 Å². The van der Waals surface area contributed by atoms with E-state index in [1.807, 2.05) is 5.32 Å². The first-order chi connectivity index (χ1) is 15.3. The Balaban J connectivity index is 1.74. The number of halogens is 3. The number of aromatic nitrogens is 2. The highest BCUT2D eigenvalue weighted by atomic mass is 32.2. The maximum absolute atomic E-state index is 13.6. The number of thioether (sulfide) groups is 1. The summed E-state index contributed by atoms with van der Waals surface area (Å²) in [7, 11) is 1.53. The van der Waals surface area contributed by atoms with Crippen LogP contribution in [-0.4, -0.2) is 41.0 Å². The molecular formula is C21H20F3N3O3S2. The van der Waals surface area contributed by atoms with Gasteiger partial charge in [0.2, 0.25) is 5.91 Å². The predicted molar refractivity (Wildman–Crippen MR) is 118 cm³/mol. The van der Waals surface area contributed by atoms with Crippen molar-refractivity contribution in [2.24, 2.45) is 0 Å². The van der Waals surface area contributed by atoms with Crippen LogP contribution in [-0.2, 0) is 17.6 Å². The summed E-state index contributed by atoms with van der Waals surface area (Å²) in [6.07, 6.45) is -0.690.